The number of hydrogen-bond acceptors (Lipinski definition) is 2. The monoisotopic (exact) mass is 371 g/mol. The van der Waals surface area contributed by atoms with Crippen LogP contribution < -0.4 is 0 Å². The van der Waals surface area contributed by atoms with Crippen LogP contribution in [0.4, 0.5) is 0 Å². The number of benzene rings is 1. The highest BCUT2D eigenvalue weighted by atomic mass is 79.9. The first kappa shape index (κ1) is 14.6. The first-order valence-electron chi connectivity index (χ1n) is 5.46. The quantitative estimate of drug-likeness (QED) is 0.763. The van der Waals surface area contributed by atoms with Gasteiger partial charge in [0, 0.05) is 23.4 Å². The van der Waals surface area contributed by atoms with Gasteiger partial charge in [0.2, 0.25) is 10.0 Å². The maximum atomic E-state index is 12.4. The number of halogens is 3. The van der Waals surface area contributed by atoms with Gasteiger partial charge in [-0.15, -0.1) is 11.6 Å². The van der Waals surface area contributed by atoms with Gasteiger partial charge < -0.3 is 0 Å². The molecule has 0 radical (unpaired) electrons. The molecule has 1 aromatic rings. The lowest BCUT2D eigenvalue weighted by Crippen LogP contribution is -2.29. The van der Waals surface area contributed by atoms with Gasteiger partial charge in [0.1, 0.15) is 0 Å². The van der Waals surface area contributed by atoms with Crippen molar-refractivity contribution in [3.05, 3.63) is 27.7 Å². The zero-order valence-electron chi connectivity index (χ0n) is 9.44. The van der Waals surface area contributed by atoms with E-state index in [2.05, 4.69) is 15.9 Å². The van der Waals surface area contributed by atoms with Gasteiger partial charge in [0.15, 0.2) is 0 Å². The first-order chi connectivity index (χ1) is 8.45. The molecule has 1 aliphatic rings. The number of sulfonamides is 1. The molecule has 18 heavy (non-hydrogen) atoms. The Kier molecular flexibility index (Phi) is 4.60. The Hall–Kier alpha value is 0.190. The van der Waals surface area contributed by atoms with Crippen LogP contribution >= 0.6 is 39.1 Å². The Bertz CT molecular complexity index is 550. The predicted octanol–water partition coefficient (Wildman–Crippen LogP) is 3.35. The van der Waals surface area contributed by atoms with Gasteiger partial charge >= 0.3 is 0 Å². The summed E-state index contributed by atoms with van der Waals surface area (Å²) in [6.07, 6.45) is 0.817. The average Bonchev–Trinajstić information content (AvgIpc) is 2.81. The van der Waals surface area contributed by atoms with Crippen LogP contribution in [-0.2, 0) is 10.0 Å². The van der Waals surface area contributed by atoms with Crippen molar-refractivity contribution >= 4 is 49.2 Å². The van der Waals surface area contributed by atoms with E-state index in [1.807, 2.05) is 0 Å². The molecular weight excluding hydrogens is 361 g/mol. The molecule has 3 nitrogen and oxygen atoms in total. The van der Waals surface area contributed by atoms with Crippen molar-refractivity contribution in [1.29, 1.82) is 0 Å². The summed E-state index contributed by atoms with van der Waals surface area (Å²) in [4.78, 5) is 0.258. The van der Waals surface area contributed by atoms with Crippen LogP contribution in [0.2, 0.25) is 5.02 Å². The van der Waals surface area contributed by atoms with Crippen molar-refractivity contribution in [2.24, 2.45) is 5.92 Å². The largest absolute Gasteiger partial charge is 0.243 e. The van der Waals surface area contributed by atoms with Crippen molar-refractivity contribution < 1.29 is 8.42 Å². The highest BCUT2D eigenvalue weighted by Crippen LogP contribution is 2.29. The molecule has 100 valence electrons. The molecule has 0 bridgehead atoms. The summed E-state index contributed by atoms with van der Waals surface area (Å²) in [6, 6.07) is 4.63. The Morgan fingerprint density at radius 3 is 2.72 bits per heavy atom. The fourth-order valence-corrected chi connectivity index (χ4v) is 4.39. The summed E-state index contributed by atoms with van der Waals surface area (Å²) >= 11 is 14.9. The third-order valence-electron chi connectivity index (χ3n) is 3.00. The number of rotatable bonds is 3. The molecule has 1 aliphatic heterocycles. The summed E-state index contributed by atoms with van der Waals surface area (Å²) in [7, 11) is -3.43. The van der Waals surface area contributed by atoms with E-state index >= 15 is 0 Å². The van der Waals surface area contributed by atoms with Crippen LogP contribution in [0, 0.1) is 5.92 Å². The molecule has 0 N–H and O–H groups in total. The lowest BCUT2D eigenvalue weighted by atomic mass is 10.2. The first-order valence-corrected chi connectivity index (χ1v) is 8.61. The minimum Gasteiger partial charge on any atom is -0.207 e. The van der Waals surface area contributed by atoms with E-state index in [4.69, 9.17) is 23.2 Å². The second-order valence-electron chi connectivity index (χ2n) is 4.25. The third-order valence-corrected chi connectivity index (χ3v) is 6.51. The van der Waals surface area contributed by atoms with Crippen molar-refractivity contribution in [3.63, 3.8) is 0 Å². The van der Waals surface area contributed by atoms with E-state index in [1.165, 1.54) is 16.4 Å². The highest BCUT2D eigenvalue weighted by Gasteiger charge is 2.32. The fraction of sp³-hybridized carbons (Fsp3) is 0.455. The molecule has 0 saturated carbocycles. The van der Waals surface area contributed by atoms with Crippen LogP contribution in [0.3, 0.4) is 0 Å². The van der Waals surface area contributed by atoms with Crippen LogP contribution in [0.1, 0.15) is 6.42 Å². The van der Waals surface area contributed by atoms with Crippen LogP contribution in [0.15, 0.2) is 27.6 Å². The average molecular weight is 373 g/mol. The molecule has 0 aromatic heterocycles. The van der Waals surface area contributed by atoms with Crippen LogP contribution in [0.5, 0.6) is 0 Å². The van der Waals surface area contributed by atoms with E-state index in [0.717, 1.165) is 6.42 Å². The van der Waals surface area contributed by atoms with Gasteiger partial charge in [0.05, 0.1) is 9.92 Å². The minimum atomic E-state index is -3.43. The van der Waals surface area contributed by atoms with Gasteiger partial charge in [0.25, 0.3) is 0 Å². The zero-order valence-corrected chi connectivity index (χ0v) is 13.4. The second kappa shape index (κ2) is 5.67. The van der Waals surface area contributed by atoms with E-state index in [1.54, 1.807) is 6.07 Å². The maximum Gasteiger partial charge on any atom is 0.243 e. The Morgan fingerprint density at radius 2 is 2.17 bits per heavy atom. The Labute approximate surface area is 125 Å². The summed E-state index contributed by atoms with van der Waals surface area (Å²) < 4.78 is 26.8. The SMILES string of the molecule is O=S(=O)(c1ccc(Cl)c(Br)c1)N1CCC(CCl)C1. The van der Waals surface area contributed by atoms with Gasteiger partial charge in [-0.1, -0.05) is 11.6 Å². The van der Waals surface area contributed by atoms with E-state index in [0.29, 0.717) is 28.5 Å². The summed E-state index contributed by atoms with van der Waals surface area (Å²) in [6.45, 7) is 1.02. The van der Waals surface area contributed by atoms with Gasteiger partial charge in [-0.05, 0) is 46.5 Å². The van der Waals surface area contributed by atoms with Crippen molar-refractivity contribution in [3.8, 4) is 0 Å². The topological polar surface area (TPSA) is 37.4 Å². The van der Waals surface area contributed by atoms with Gasteiger partial charge in [-0.2, -0.15) is 4.31 Å². The summed E-state index contributed by atoms with van der Waals surface area (Å²) in [5.74, 6) is 0.744. The normalized spacial score (nSPS) is 21.4. The standard InChI is InChI=1S/C11H12BrCl2NO2S/c12-10-5-9(1-2-11(10)14)18(16,17)15-4-3-8(6-13)7-15/h1-2,5,8H,3-4,6-7H2. The molecule has 0 spiro atoms. The van der Waals surface area contributed by atoms with Crippen molar-refractivity contribution in [2.75, 3.05) is 19.0 Å². The third kappa shape index (κ3) is 2.85. The molecule has 1 atom stereocenters. The molecule has 1 aromatic carbocycles. The fourth-order valence-electron chi connectivity index (χ4n) is 1.93. The van der Waals surface area contributed by atoms with Crippen molar-refractivity contribution in [2.45, 2.75) is 11.3 Å². The molecular formula is C11H12BrCl2NO2S. The smallest absolute Gasteiger partial charge is 0.207 e. The Morgan fingerprint density at radius 1 is 1.44 bits per heavy atom. The van der Waals surface area contributed by atoms with Gasteiger partial charge in [-0.25, -0.2) is 8.42 Å². The molecule has 1 unspecified atom stereocenters. The van der Waals surface area contributed by atoms with Crippen LogP contribution in [-0.4, -0.2) is 31.7 Å². The summed E-state index contributed by atoms with van der Waals surface area (Å²) in [5.41, 5.74) is 0. The number of hydrogen-bond donors (Lipinski definition) is 0. The minimum absolute atomic E-state index is 0.247. The van der Waals surface area contributed by atoms with Crippen molar-refractivity contribution in [1.82, 2.24) is 4.31 Å². The highest BCUT2D eigenvalue weighted by molar-refractivity contribution is 9.10. The molecule has 1 heterocycles. The van der Waals surface area contributed by atoms with Gasteiger partial charge in [-0.3, -0.25) is 0 Å². The lowest BCUT2D eigenvalue weighted by molar-refractivity contribution is 0.465. The molecule has 0 amide bonds. The molecule has 1 fully saturated rings. The van der Waals surface area contributed by atoms with E-state index < -0.39 is 10.0 Å². The maximum absolute atomic E-state index is 12.4. The second-order valence-corrected chi connectivity index (χ2v) is 7.76. The molecule has 7 heteroatoms. The van der Waals surface area contributed by atoms with Crippen LogP contribution in [0.25, 0.3) is 0 Å². The van der Waals surface area contributed by atoms with E-state index in [9.17, 15) is 8.42 Å². The number of nitrogens with zero attached hydrogens (tertiary/aromatic N) is 1. The number of alkyl halides is 1. The summed E-state index contributed by atoms with van der Waals surface area (Å²) in [5, 5.41) is 0.494. The predicted molar refractivity (Wildman–Crippen MR) is 76.7 cm³/mol. The Balaban J connectivity index is 2.28. The molecule has 0 aliphatic carbocycles. The zero-order chi connectivity index (χ0) is 13.3. The molecule has 1 saturated heterocycles. The van der Waals surface area contributed by atoms with E-state index in [-0.39, 0.29) is 10.8 Å². The molecule has 2 rings (SSSR count). The lowest BCUT2D eigenvalue weighted by Gasteiger charge is -2.16.